The van der Waals surface area contributed by atoms with E-state index in [2.05, 4.69) is 10.6 Å². The minimum absolute atomic E-state index is 0.00801. The lowest BCUT2D eigenvalue weighted by Crippen LogP contribution is -2.46. The number of unbranched alkanes of at least 4 members (excludes halogenated alkanes) is 1. The van der Waals surface area contributed by atoms with Crippen molar-refractivity contribution < 1.29 is 62.4 Å². The molecule has 74 heavy (non-hydrogen) atoms. The molecular formula is C57H70ClN3O13. The number of amides is 3. The molecule has 0 aromatic heterocycles. The Morgan fingerprint density at radius 1 is 0.824 bits per heavy atom. The van der Waals surface area contributed by atoms with E-state index >= 15 is 4.79 Å². The smallest absolute Gasteiger partial charge is 0.490 e. The van der Waals surface area contributed by atoms with Gasteiger partial charge in [0.25, 0.3) is 0 Å². The van der Waals surface area contributed by atoms with E-state index in [1.165, 1.54) is 25.1 Å². The maximum Gasteiger partial charge on any atom is 0.514 e. The van der Waals surface area contributed by atoms with Crippen LogP contribution < -0.4 is 20.1 Å². The standard InChI is InChI=1S/C57H70ClN3O13/c1-11-42(62)33-71-48-26-22-39-31-44(48)43-29-35(15-25-49(43)72-55(69)74-57(6,7)8)30-45(53(67)70-10)60-51(65)34(2)28-47(64)50(39)61(9)52(66)40(14-12-13-27-59-54(68)73-56(3,4)5)32-46(63)38-18-16-36(17-19-38)37-20-23-41(58)24-21-37/h15-26,29,31,34,40,42,45,50,62H,11-14,27-28,30,32-33H2,1-10H3,(H,59,68)(H,60,65)/t34-,40-,42?,45+,50+/m1/s1. The van der Waals surface area contributed by atoms with E-state index in [0.717, 1.165) is 11.1 Å². The second-order valence-corrected chi connectivity index (χ2v) is 21.0. The fourth-order valence-corrected chi connectivity index (χ4v) is 8.45. The zero-order valence-electron chi connectivity index (χ0n) is 44.0. The number of halogens is 1. The summed E-state index contributed by atoms with van der Waals surface area (Å²) in [6, 6.07) is 21.3. The number of carbonyl (C=O) groups excluding carboxylic acids is 7. The summed E-state index contributed by atoms with van der Waals surface area (Å²) >= 11 is 6.11. The Bertz CT molecular complexity index is 2640. The molecule has 0 aliphatic carbocycles. The molecule has 1 aliphatic heterocycles. The SMILES string of the molecule is CCC(O)COc1ccc2cc1-c1cc(ccc1OC(=O)OC(C)(C)C)C[C@@H](C(=O)OC)NC(=O)[C@H](C)CC(=O)[C@H]2N(C)C(=O)[C@H](CCCCNC(=O)OC(C)(C)C)CC(=O)c1ccc(-c2ccc(Cl)cc2)cc1. The van der Waals surface area contributed by atoms with E-state index in [4.69, 9.17) is 35.3 Å². The first kappa shape index (κ1) is 58.1. The average Bonchev–Trinajstić information content (AvgIpc) is 3.33. The number of Topliss-reactive ketones (excluding diaryl/α,β-unsaturated/α-hetero) is 2. The Morgan fingerprint density at radius 2 is 1.45 bits per heavy atom. The summed E-state index contributed by atoms with van der Waals surface area (Å²) in [7, 11) is 2.65. The number of aliphatic hydroxyl groups excluding tert-OH is 1. The number of likely N-dealkylation sites (N-methyl/N-ethyl adjacent to an activating group) is 1. The summed E-state index contributed by atoms with van der Waals surface area (Å²) in [6.07, 6.45) is -1.75. The highest BCUT2D eigenvalue weighted by Gasteiger charge is 2.37. The highest BCUT2D eigenvalue weighted by molar-refractivity contribution is 6.30. The number of benzene rings is 4. The predicted molar refractivity (Wildman–Crippen MR) is 280 cm³/mol. The summed E-state index contributed by atoms with van der Waals surface area (Å²) in [6.45, 7) is 13.7. The molecule has 0 saturated heterocycles. The Labute approximate surface area is 438 Å². The van der Waals surface area contributed by atoms with Gasteiger partial charge in [0.15, 0.2) is 11.6 Å². The topological polar surface area (TPSA) is 213 Å². The van der Waals surface area contributed by atoms with Gasteiger partial charge in [-0.3, -0.25) is 19.2 Å². The van der Waals surface area contributed by atoms with Crippen LogP contribution in [0, 0.1) is 11.8 Å². The average molecular weight is 1040 g/mol. The molecule has 5 atom stereocenters. The number of nitrogens with one attached hydrogen (secondary N) is 2. The summed E-state index contributed by atoms with van der Waals surface area (Å²) in [5.74, 6) is -4.49. The largest absolute Gasteiger partial charge is 0.514 e. The van der Waals surface area contributed by atoms with Gasteiger partial charge in [0.2, 0.25) is 11.8 Å². The van der Waals surface area contributed by atoms with E-state index in [9.17, 15) is 33.9 Å². The Balaban J connectivity index is 1.62. The third-order valence-corrected chi connectivity index (χ3v) is 12.4. The molecule has 0 saturated carbocycles. The van der Waals surface area contributed by atoms with Crippen LogP contribution in [-0.4, -0.2) is 102 Å². The molecule has 3 amide bonds. The van der Waals surface area contributed by atoms with Gasteiger partial charge in [0, 0.05) is 66.4 Å². The van der Waals surface area contributed by atoms with E-state index in [-0.39, 0.29) is 61.7 Å². The molecule has 1 heterocycles. The van der Waals surface area contributed by atoms with Crippen LogP contribution >= 0.6 is 11.6 Å². The molecular weight excluding hydrogens is 970 g/mol. The highest BCUT2D eigenvalue weighted by atomic mass is 35.5. The van der Waals surface area contributed by atoms with Crippen LogP contribution in [0.2, 0.25) is 5.02 Å². The number of rotatable bonds is 17. The molecule has 4 bridgehead atoms. The summed E-state index contributed by atoms with van der Waals surface area (Å²) in [4.78, 5) is 98.5. The van der Waals surface area contributed by atoms with Crippen LogP contribution in [0.25, 0.3) is 22.3 Å². The van der Waals surface area contributed by atoms with Gasteiger partial charge < -0.3 is 44.3 Å². The fourth-order valence-electron chi connectivity index (χ4n) is 8.32. The maximum absolute atomic E-state index is 15.2. The van der Waals surface area contributed by atoms with E-state index in [1.54, 1.807) is 110 Å². The molecule has 398 valence electrons. The van der Waals surface area contributed by atoms with Crippen LogP contribution in [0.4, 0.5) is 9.59 Å². The quantitative estimate of drug-likeness (QED) is 0.0296. The summed E-state index contributed by atoms with van der Waals surface area (Å²) in [5.41, 5.74) is 1.83. The fraction of sp³-hybridized carbons (Fsp3) is 0.456. The van der Waals surface area contributed by atoms with Crippen LogP contribution in [-0.2, 0) is 39.8 Å². The molecule has 16 nitrogen and oxygen atoms in total. The highest BCUT2D eigenvalue weighted by Crippen LogP contribution is 2.41. The maximum atomic E-state index is 15.2. The second-order valence-electron chi connectivity index (χ2n) is 20.6. The number of aliphatic hydroxyl groups is 1. The summed E-state index contributed by atoms with van der Waals surface area (Å²) < 4.78 is 28.0. The number of methoxy groups -OCH3 is 1. The number of nitrogens with zero attached hydrogens (tertiary/aromatic N) is 1. The molecule has 17 heteroatoms. The Kier molecular flexibility index (Phi) is 20.4. The number of esters is 1. The lowest BCUT2D eigenvalue weighted by atomic mass is 9.88. The predicted octanol–water partition coefficient (Wildman–Crippen LogP) is 10.0. The lowest BCUT2D eigenvalue weighted by Gasteiger charge is -2.32. The van der Waals surface area contributed by atoms with Gasteiger partial charge >= 0.3 is 18.2 Å². The monoisotopic (exact) mass is 1040 g/mol. The normalized spacial score (nSPS) is 16.8. The van der Waals surface area contributed by atoms with Gasteiger partial charge in [-0.25, -0.2) is 14.4 Å². The van der Waals surface area contributed by atoms with Crippen molar-refractivity contribution in [3.63, 3.8) is 0 Å². The molecule has 5 rings (SSSR count). The van der Waals surface area contributed by atoms with Gasteiger partial charge in [-0.1, -0.05) is 80.4 Å². The van der Waals surface area contributed by atoms with Crippen molar-refractivity contribution in [2.75, 3.05) is 27.3 Å². The van der Waals surface area contributed by atoms with E-state index < -0.39 is 77.0 Å². The van der Waals surface area contributed by atoms with Crippen LogP contribution in [0.5, 0.6) is 11.5 Å². The summed E-state index contributed by atoms with van der Waals surface area (Å²) in [5, 5.41) is 16.7. The number of fused-ring (bicyclic) bond motifs is 5. The van der Waals surface area contributed by atoms with Crippen molar-refractivity contribution in [3.05, 3.63) is 107 Å². The van der Waals surface area contributed by atoms with E-state index in [1.807, 2.05) is 24.3 Å². The van der Waals surface area contributed by atoms with Gasteiger partial charge in [0.1, 0.15) is 41.4 Å². The number of hydrogen-bond donors (Lipinski definition) is 3. The molecule has 4 aromatic rings. The van der Waals surface area contributed by atoms with Gasteiger partial charge in [-0.2, -0.15) is 0 Å². The first-order chi connectivity index (χ1) is 34.9. The second kappa shape index (κ2) is 25.9. The minimum Gasteiger partial charge on any atom is -0.490 e. The minimum atomic E-state index is -1.37. The molecule has 0 spiro atoms. The molecule has 0 radical (unpaired) electrons. The first-order valence-electron chi connectivity index (χ1n) is 24.9. The zero-order valence-corrected chi connectivity index (χ0v) is 44.8. The Morgan fingerprint density at radius 3 is 2.07 bits per heavy atom. The van der Waals surface area contributed by atoms with E-state index in [0.29, 0.717) is 46.5 Å². The van der Waals surface area contributed by atoms with Crippen molar-refractivity contribution in [2.24, 2.45) is 11.8 Å². The van der Waals surface area contributed by atoms with Crippen molar-refractivity contribution in [1.29, 1.82) is 0 Å². The zero-order chi connectivity index (χ0) is 54.5. The van der Waals surface area contributed by atoms with Crippen LogP contribution in [0.3, 0.4) is 0 Å². The molecule has 1 aliphatic rings. The van der Waals surface area contributed by atoms with Crippen molar-refractivity contribution in [1.82, 2.24) is 15.5 Å². The number of carbonyl (C=O) groups is 7. The van der Waals surface area contributed by atoms with Crippen molar-refractivity contribution in [2.45, 2.75) is 130 Å². The van der Waals surface area contributed by atoms with Crippen LogP contribution in [0.1, 0.15) is 121 Å². The molecule has 0 fully saturated rings. The number of ketones is 2. The van der Waals surface area contributed by atoms with Crippen LogP contribution in [0.15, 0.2) is 84.9 Å². The van der Waals surface area contributed by atoms with Crippen molar-refractivity contribution in [3.8, 4) is 33.8 Å². The third kappa shape index (κ3) is 16.9. The number of alkyl carbamates (subject to hydrolysis) is 1. The van der Waals surface area contributed by atoms with Gasteiger partial charge in [-0.05, 0) is 119 Å². The third-order valence-electron chi connectivity index (χ3n) is 12.2. The molecule has 1 unspecified atom stereocenters. The number of ether oxygens (including phenoxy) is 5. The first-order valence-corrected chi connectivity index (χ1v) is 25.3. The Hall–Kier alpha value is -6.78. The molecule has 4 aromatic carbocycles. The molecule has 3 N–H and O–H groups in total. The van der Waals surface area contributed by atoms with Gasteiger partial charge in [0.05, 0.1) is 13.2 Å². The van der Waals surface area contributed by atoms with Crippen molar-refractivity contribution >= 4 is 53.2 Å². The lowest BCUT2D eigenvalue weighted by molar-refractivity contribution is -0.146. The number of hydrogen-bond acceptors (Lipinski definition) is 13. The van der Waals surface area contributed by atoms with Gasteiger partial charge in [-0.15, -0.1) is 0 Å².